The number of aromatic nitrogens is 2. The largest absolute Gasteiger partial charge is 0.472 e. The lowest BCUT2D eigenvalue weighted by molar-refractivity contribution is 0.0777. The van der Waals surface area contributed by atoms with Crippen LogP contribution in [0.1, 0.15) is 54.5 Å². The fraction of sp³-hybridized carbons (Fsp3) is 0.619. The molecule has 2 aromatic heterocycles. The van der Waals surface area contributed by atoms with Gasteiger partial charge in [0.1, 0.15) is 0 Å². The Labute approximate surface area is 166 Å². The van der Waals surface area contributed by atoms with E-state index >= 15 is 0 Å². The number of aliphatic hydroxyl groups excluding tert-OH is 1. The van der Waals surface area contributed by atoms with E-state index in [1.165, 1.54) is 5.69 Å². The van der Waals surface area contributed by atoms with E-state index in [2.05, 4.69) is 17.3 Å². The number of hydrogen-bond donors (Lipinski definition) is 2. The molecule has 1 aliphatic rings. The molecule has 0 fully saturated rings. The first-order valence-corrected chi connectivity index (χ1v) is 10.0. The normalized spacial score (nSPS) is 16.8. The van der Waals surface area contributed by atoms with E-state index in [0.29, 0.717) is 18.3 Å². The second-order valence-corrected chi connectivity index (χ2v) is 8.53. The molecule has 0 saturated heterocycles. The molecular formula is C21H32N4O3. The number of fused-ring (bicyclic) bond motifs is 1. The number of nitrogens with zero attached hydrogens (tertiary/aromatic N) is 3. The molecule has 7 nitrogen and oxygen atoms in total. The molecule has 2 heterocycles. The molecular weight excluding hydrogens is 356 g/mol. The van der Waals surface area contributed by atoms with Crippen molar-refractivity contribution in [3.63, 3.8) is 0 Å². The molecule has 0 aromatic carbocycles. The first-order valence-electron chi connectivity index (χ1n) is 10.0. The average molecular weight is 389 g/mol. The molecule has 1 aliphatic carbocycles. The van der Waals surface area contributed by atoms with E-state index in [1.54, 1.807) is 24.5 Å². The SMILES string of the molecule is CCn1nc(C(=O)N(C)Cc2ccoc2)c2c1CC[C@H](NCC(C)(C)CO)C2. The van der Waals surface area contributed by atoms with Crippen molar-refractivity contribution in [2.24, 2.45) is 5.41 Å². The second-order valence-electron chi connectivity index (χ2n) is 8.53. The van der Waals surface area contributed by atoms with Crippen LogP contribution in [0, 0.1) is 5.41 Å². The van der Waals surface area contributed by atoms with Gasteiger partial charge in [0.05, 0.1) is 12.5 Å². The average Bonchev–Trinajstić information content (AvgIpc) is 3.33. The van der Waals surface area contributed by atoms with E-state index in [0.717, 1.165) is 43.5 Å². The molecule has 7 heteroatoms. The maximum Gasteiger partial charge on any atom is 0.274 e. The molecule has 0 radical (unpaired) electrons. The van der Waals surface area contributed by atoms with Gasteiger partial charge < -0.3 is 19.7 Å². The molecule has 3 rings (SSSR count). The predicted octanol–water partition coefficient (Wildman–Crippen LogP) is 2.23. The Hall–Kier alpha value is -2.12. The molecule has 2 N–H and O–H groups in total. The summed E-state index contributed by atoms with van der Waals surface area (Å²) in [7, 11) is 1.80. The molecule has 0 saturated carbocycles. The molecule has 0 bridgehead atoms. The lowest BCUT2D eigenvalue weighted by atomic mass is 9.89. The smallest absolute Gasteiger partial charge is 0.274 e. The van der Waals surface area contributed by atoms with Crippen LogP contribution in [-0.2, 0) is 25.9 Å². The summed E-state index contributed by atoms with van der Waals surface area (Å²) in [6, 6.07) is 2.16. The fourth-order valence-corrected chi connectivity index (χ4v) is 3.68. The van der Waals surface area contributed by atoms with E-state index in [-0.39, 0.29) is 17.9 Å². The number of nitrogens with one attached hydrogen (secondary N) is 1. The maximum atomic E-state index is 13.1. The standard InChI is InChI=1S/C21H32N4O3/c1-5-25-18-7-6-16(22-13-21(2,3)14-26)10-17(18)19(23-25)20(27)24(4)11-15-8-9-28-12-15/h8-9,12,16,22,26H,5-7,10-11,13-14H2,1-4H3/t16-/m0/s1. The minimum absolute atomic E-state index is 0.0546. The molecule has 2 aromatic rings. The molecule has 28 heavy (non-hydrogen) atoms. The van der Waals surface area contributed by atoms with E-state index in [1.807, 2.05) is 24.6 Å². The highest BCUT2D eigenvalue weighted by Crippen LogP contribution is 2.27. The summed E-state index contributed by atoms with van der Waals surface area (Å²) in [5, 5.41) is 17.7. The highest BCUT2D eigenvalue weighted by atomic mass is 16.3. The zero-order chi connectivity index (χ0) is 20.3. The van der Waals surface area contributed by atoms with Crippen molar-refractivity contribution >= 4 is 5.91 Å². The zero-order valence-electron chi connectivity index (χ0n) is 17.4. The topological polar surface area (TPSA) is 83.5 Å². The molecule has 0 spiro atoms. The highest BCUT2D eigenvalue weighted by Gasteiger charge is 2.30. The summed E-state index contributed by atoms with van der Waals surface area (Å²) < 4.78 is 7.08. The summed E-state index contributed by atoms with van der Waals surface area (Å²) in [4.78, 5) is 14.8. The van der Waals surface area contributed by atoms with Gasteiger partial charge in [0.25, 0.3) is 5.91 Å². The van der Waals surface area contributed by atoms with Crippen molar-refractivity contribution < 1.29 is 14.3 Å². The van der Waals surface area contributed by atoms with Crippen LogP contribution in [0.2, 0.25) is 0 Å². The predicted molar refractivity (Wildman–Crippen MR) is 107 cm³/mol. The van der Waals surface area contributed by atoms with Crippen molar-refractivity contribution in [1.29, 1.82) is 0 Å². The van der Waals surface area contributed by atoms with Crippen LogP contribution in [0.15, 0.2) is 23.0 Å². The molecule has 0 unspecified atom stereocenters. The van der Waals surface area contributed by atoms with Gasteiger partial charge in [0.2, 0.25) is 0 Å². The third-order valence-electron chi connectivity index (χ3n) is 5.49. The molecule has 0 aliphatic heterocycles. The number of amides is 1. The second kappa shape index (κ2) is 8.49. The minimum Gasteiger partial charge on any atom is -0.472 e. The Balaban J connectivity index is 1.76. The Morgan fingerprint density at radius 2 is 2.29 bits per heavy atom. The minimum atomic E-state index is -0.155. The van der Waals surface area contributed by atoms with Crippen LogP contribution in [-0.4, -0.2) is 51.9 Å². The third-order valence-corrected chi connectivity index (χ3v) is 5.49. The van der Waals surface area contributed by atoms with E-state index < -0.39 is 0 Å². The summed E-state index contributed by atoms with van der Waals surface area (Å²) in [6.45, 7) is 8.30. The number of carbonyl (C=O) groups excluding carboxylic acids is 1. The Morgan fingerprint density at radius 3 is 2.93 bits per heavy atom. The molecule has 1 amide bonds. The van der Waals surface area contributed by atoms with Crippen molar-refractivity contribution in [3.8, 4) is 0 Å². The van der Waals surface area contributed by atoms with Gasteiger partial charge in [-0.2, -0.15) is 5.10 Å². The van der Waals surface area contributed by atoms with Crippen molar-refractivity contribution in [1.82, 2.24) is 20.0 Å². The van der Waals surface area contributed by atoms with Gasteiger partial charge in [-0.1, -0.05) is 13.8 Å². The zero-order valence-corrected chi connectivity index (χ0v) is 17.4. The Bertz CT molecular complexity index is 795. The van der Waals surface area contributed by atoms with Crippen LogP contribution in [0.4, 0.5) is 0 Å². The van der Waals surface area contributed by atoms with Crippen LogP contribution >= 0.6 is 0 Å². The quantitative estimate of drug-likeness (QED) is 0.725. The van der Waals surface area contributed by atoms with Gasteiger partial charge in [-0.05, 0) is 32.3 Å². The molecule has 154 valence electrons. The maximum absolute atomic E-state index is 13.1. The van der Waals surface area contributed by atoms with Crippen molar-refractivity contribution in [2.75, 3.05) is 20.2 Å². The summed E-state index contributed by atoms with van der Waals surface area (Å²) in [6.07, 6.45) is 5.99. The monoisotopic (exact) mass is 388 g/mol. The van der Waals surface area contributed by atoms with Gasteiger partial charge in [-0.15, -0.1) is 0 Å². The number of furan rings is 1. The fourth-order valence-electron chi connectivity index (χ4n) is 3.68. The number of aryl methyl sites for hydroxylation is 1. The van der Waals surface area contributed by atoms with Crippen molar-refractivity contribution in [3.05, 3.63) is 41.1 Å². The van der Waals surface area contributed by atoms with Gasteiger partial charge >= 0.3 is 0 Å². The van der Waals surface area contributed by atoms with Gasteiger partial charge in [0, 0.05) is 61.6 Å². The number of rotatable bonds is 8. The van der Waals surface area contributed by atoms with E-state index in [4.69, 9.17) is 4.42 Å². The number of hydrogen-bond acceptors (Lipinski definition) is 5. The van der Waals surface area contributed by atoms with Gasteiger partial charge in [0.15, 0.2) is 5.69 Å². The summed E-state index contributed by atoms with van der Waals surface area (Å²) in [5.74, 6) is -0.0546. The van der Waals surface area contributed by atoms with Gasteiger partial charge in [-0.25, -0.2) is 0 Å². The van der Waals surface area contributed by atoms with Gasteiger partial charge in [-0.3, -0.25) is 9.48 Å². The van der Waals surface area contributed by atoms with Crippen LogP contribution < -0.4 is 5.32 Å². The third kappa shape index (κ3) is 4.47. The van der Waals surface area contributed by atoms with Crippen LogP contribution in [0.25, 0.3) is 0 Å². The van der Waals surface area contributed by atoms with Crippen LogP contribution in [0.5, 0.6) is 0 Å². The first kappa shape index (κ1) is 20.6. The summed E-state index contributed by atoms with van der Waals surface area (Å²) >= 11 is 0. The highest BCUT2D eigenvalue weighted by molar-refractivity contribution is 5.94. The Morgan fingerprint density at radius 1 is 1.50 bits per heavy atom. The Kier molecular flexibility index (Phi) is 6.25. The van der Waals surface area contributed by atoms with Crippen LogP contribution in [0.3, 0.4) is 0 Å². The lowest BCUT2D eigenvalue weighted by Crippen LogP contribution is -2.42. The number of aliphatic hydroxyl groups is 1. The lowest BCUT2D eigenvalue weighted by Gasteiger charge is -2.29. The first-order chi connectivity index (χ1) is 13.3. The number of carbonyl (C=O) groups is 1. The summed E-state index contributed by atoms with van der Waals surface area (Å²) in [5.41, 5.74) is 3.62. The van der Waals surface area contributed by atoms with E-state index in [9.17, 15) is 9.90 Å². The van der Waals surface area contributed by atoms with Crippen molar-refractivity contribution in [2.45, 2.75) is 59.2 Å². The molecule has 1 atom stereocenters.